The Bertz CT molecular complexity index is 1010. The summed E-state index contributed by atoms with van der Waals surface area (Å²) in [5.41, 5.74) is 2.32. The topological polar surface area (TPSA) is 54.7 Å². The molecule has 5 nitrogen and oxygen atoms in total. The van der Waals surface area contributed by atoms with E-state index in [1.807, 2.05) is 37.3 Å². The lowest BCUT2D eigenvalue weighted by molar-refractivity contribution is 0.151. The highest BCUT2D eigenvalue weighted by atomic mass is 16.6. The van der Waals surface area contributed by atoms with Crippen LogP contribution in [0.25, 0.3) is 11.3 Å². The second-order valence-corrected chi connectivity index (χ2v) is 8.86. The van der Waals surface area contributed by atoms with E-state index < -0.39 is 6.09 Å². The van der Waals surface area contributed by atoms with Crippen LogP contribution in [0.2, 0.25) is 0 Å². The van der Waals surface area contributed by atoms with Crippen molar-refractivity contribution >= 4 is 6.09 Å². The fraction of sp³-hybridized carbons (Fsp3) is 0.370. The Hall–Kier alpha value is -3.05. The summed E-state index contributed by atoms with van der Waals surface area (Å²) in [6.07, 6.45) is 3.65. The largest absolute Gasteiger partial charge is 0.457 e. The smallest absolute Gasteiger partial charge is 0.412 e. The van der Waals surface area contributed by atoms with Gasteiger partial charge in [0.2, 0.25) is 0 Å². The van der Waals surface area contributed by atoms with Gasteiger partial charge in [-0.3, -0.25) is 0 Å². The van der Waals surface area contributed by atoms with Crippen LogP contribution in [-0.2, 0) is 0 Å². The van der Waals surface area contributed by atoms with E-state index >= 15 is 0 Å². The highest BCUT2D eigenvalue weighted by molar-refractivity contribution is 5.72. The second kappa shape index (κ2) is 10.0. The molecule has 3 aromatic rings. The van der Waals surface area contributed by atoms with Gasteiger partial charge in [-0.2, -0.15) is 0 Å². The molecule has 4 rings (SSSR count). The quantitative estimate of drug-likeness (QED) is 0.503. The van der Waals surface area contributed by atoms with Crippen LogP contribution in [-0.4, -0.2) is 31.1 Å². The van der Waals surface area contributed by atoms with Gasteiger partial charge in [0.05, 0.1) is 0 Å². The molecule has 1 atom stereocenters. The predicted octanol–water partition coefficient (Wildman–Crippen LogP) is 6.21. The summed E-state index contributed by atoms with van der Waals surface area (Å²) in [5.74, 6) is 2.33. The van der Waals surface area contributed by atoms with Gasteiger partial charge in [0.25, 0.3) is 0 Å². The zero-order valence-corrected chi connectivity index (χ0v) is 19.1. The van der Waals surface area contributed by atoms with Gasteiger partial charge >= 0.3 is 6.09 Å². The first-order chi connectivity index (χ1) is 15.5. The Balaban J connectivity index is 1.32. The SMILES string of the molecule is Cc1oc(-c2ccccc2)cc1OC(=O)NC1CCC(C(c2ccccc2)N(C)C)CC1. The van der Waals surface area contributed by atoms with Crippen molar-refractivity contribution in [3.63, 3.8) is 0 Å². The molecule has 1 aromatic heterocycles. The number of amides is 1. The van der Waals surface area contributed by atoms with Crippen LogP contribution in [0.15, 0.2) is 71.1 Å². The normalized spacial score (nSPS) is 19.5. The first kappa shape index (κ1) is 22.2. The molecule has 1 heterocycles. The highest BCUT2D eigenvalue weighted by Gasteiger charge is 2.30. The van der Waals surface area contributed by atoms with Gasteiger partial charge in [-0.25, -0.2) is 4.79 Å². The number of rotatable bonds is 6. The van der Waals surface area contributed by atoms with Crippen LogP contribution in [0.1, 0.15) is 43.0 Å². The molecule has 1 saturated carbocycles. The Kier molecular flexibility index (Phi) is 6.96. The predicted molar refractivity (Wildman–Crippen MR) is 127 cm³/mol. The van der Waals surface area contributed by atoms with E-state index in [1.165, 1.54) is 5.56 Å². The van der Waals surface area contributed by atoms with E-state index in [1.54, 1.807) is 6.07 Å². The van der Waals surface area contributed by atoms with Crippen LogP contribution in [0.4, 0.5) is 4.79 Å². The minimum absolute atomic E-state index is 0.137. The van der Waals surface area contributed by atoms with Gasteiger partial charge in [0.1, 0.15) is 11.5 Å². The average Bonchev–Trinajstić information content (AvgIpc) is 3.16. The molecule has 0 aliphatic heterocycles. The molecule has 0 saturated heterocycles. The van der Waals surface area contributed by atoms with Gasteiger partial charge in [0.15, 0.2) is 5.75 Å². The molecule has 5 heteroatoms. The van der Waals surface area contributed by atoms with E-state index in [-0.39, 0.29) is 6.04 Å². The van der Waals surface area contributed by atoms with Gasteiger partial charge in [0, 0.05) is 23.7 Å². The van der Waals surface area contributed by atoms with Crippen molar-refractivity contribution < 1.29 is 13.9 Å². The number of nitrogens with zero attached hydrogens (tertiary/aromatic N) is 1. The van der Waals surface area contributed by atoms with E-state index in [0.717, 1.165) is 31.2 Å². The number of carbonyl (C=O) groups is 1. The lowest BCUT2D eigenvalue weighted by Gasteiger charge is -2.37. The molecule has 32 heavy (non-hydrogen) atoms. The molecular formula is C27H32N2O3. The monoisotopic (exact) mass is 432 g/mol. The Morgan fingerprint density at radius 3 is 2.25 bits per heavy atom. The molecule has 1 N–H and O–H groups in total. The van der Waals surface area contributed by atoms with Crippen LogP contribution in [0, 0.1) is 12.8 Å². The van der Waals surface area contributed by atoms with Crippen molar-refractivity contribution in [2.45, 2.75) is 44.7 Å². The van der Waals surface area contributed by atoms with Gasteiger partial charge < -0.3 is 19.4 Å². The van der Waals surface area contributed by atoms with Gasteiger partial charge in [-0.1, -0.05) is 60.7 Å². The summed E-state index contributed by atoms with van der Waals surface area (Å²) < 4.78 is 11.4. The molecule has 168 valence electrons. The number of furan rings is 1. The highest BCUT2D eigenvalue weighted by Crippen LogP contribution is 2.37. The Morgan fingerprint density at radius 1 is 1.00 bits per heavy atom. The molecule has 0 radical (unpaired) electrons. The number of benzene rings is 2. The lowest BCUT2D eigenvalue weighted by Crippen LogP contribution is -2.41. The van der Waals surface area contributed by atoms with Crippen molar-refractivity contribution in [1.82, 2.24) is 10.2 Å². The van der Waals surface area contributed by atoms with E-state index in [9.17, 15) is 4.79 Å². The van der Waals surface area contributed by atoms with Crippen molar-refractivity contribution in [1.29, 1.82) is 0 Å². The summed E-state index contributed by atoms with van der Waals surface area (Å²) in [4.78, 5) is 14.9. The summed E-state index contributed by atoms with van der Waals surface area (Å²) in [7, 11) is 4.30. The van der Waals surface area contributed by atoms with Crippen LogP contribution >= 0.6 is 0 Å². The van der Waals surface area contributed by atoms with E-state index in [0.29, 0.717) is 29.2 Å². The van der Waals surface area contributed by atoms with Gasteiger partial charge in [-0.15, -0.1) is 0 Å². The standard InChI is InChI=1S/C27H32N2O3/c1-19-24(18-25(31-19)20-10-6-4-7-11-20)32-27(30)28-23-16-14-22(15-17-23)26(29(2)3)21-12-8-5-9-13-21/h4-13,18,22-23,26H,14-17H2,1-3H3,(H,28,30). The maximum atomic E-state index is 12.5. The summed E-state index contributed by atoms with van der Waals surface area (Å²) >= 11 is 0. The zero-order chi connectivity index (χ0) is 22.5. The molecule has 0 spiro atoms. The van der Waals surface area contributed by atoms with E-state index in [2.05, 4.69) is 54.6 Å². The maximum Gasteiger partial charge on any atom is 0.412 e. The second-order valence-electron chi connectivity index (χ2n) is 8.86. The number of hydrogen-bond donors (Lipinski definition) is 1. The molecule has 1 fully saturated rings. The fourth-order valence-electron chi connectivity index (χ4n) is 4.83. The molecule has 1 aliphatic rings. The minimum Gasteiger partial charge on any atom is -0.457 e. The van der Waals surface area contributed by atoms with Crippen molar-refractivity contribution in [3.8, 4) is 17.1 Å². The molecular weight excluding hydrogens is 400 g/mol. The number of ether oxygens (including phenoxy) is 1. The fourth-order valence-corrected chi connectivity index (χ4v) is 4.83. The number of aryl methyl sites for hydroxylation is 1. The molecule has 2 aromatic carbocycles. The van der Waals surface area contributed by atoms with Crippen LogP contribution in [0.3, 0.4) is 0 Å². The van der Waals surface area contributed by atoms with Crippen molar-refractivity contribution in [2.75, 3.05) is 14.1 Å². The number of carbonyl (C=O) groups excluding carboxylic acids is 1. The summed E-state index contributed by atoms with van der Waals surface area (Å²) in [6, 6.07) is 22.8. The maximum absolute atomic E-state index is 12.5. The van der Waals surface area contributed by atoms with Crippen LogP contribution < -0.4 is 10.1 Å². The molecule has 1 unspecified atom stereocenters. The van der Waals surface area contributed by atoms with Gasteiger partial charge in [-0.05, 0) is 58.2 Å². The molecule has 0 bridgehead atoms. The third-order valence-corrected chi connectivity index (χ3v) is 6.37. The third-order valence-electron chi connectivity index (χ3n) is 6.37. The Labute approximate surface area is 190 Å². The first-order valence-corrected chi connectivity index (χ1v) is 11.4. The zero-order valence-electron chi connectivity index (χ0n) is 19.1. The summed E-state index contributed by atoms with van der Waals surface area (Å²) in [5, 5.41) is 3.06. The number of nitrogens with one attached hydrogen (secondary N) is 1. The molecule has 1 amide bonds. The average molecular weight is 433 g/mol. The molecule has 1 aliphatic carbocycles. The van der Waals surface area contributed by atoms with Crippen molar-refractivity contribution in [2.24, 2.45) is 5.92 Å². The Morgan fingerprint density at radius 2 is 1.62 bits per heavy atom. The first-order valence-electron chi connectivity index (χ1n) is 11.4. The van der Waals surface area contributed by atoms with E-state index in [4.69, 9.17) is 9.15 Å². The van der Waals surface area contributed by atoms with Crippen molar-refractivity contribution in [3.05, 3.63) is 78.1 Å². The lowest BCUT2D eigenvalue weighted by atomic mass is 9.79. The summed E-state index contributed by atoms with van der Waals surface area (Å²) in [6.45, 7) is 1.81. The van der Waals surface area contributed by atoms with Crippen LogP contribution in [0.5, 0.6) is 5.75 Å². The minimum atomic E-state index is -0.413. The third kappa shape index (κ3) is 5.22. The number of hydrogen-bond acceptors (Lipinski definition) is 4.